The summed E-state index contributed by atoms with van der Waals surface area (Å²) >= 11 is 5.72. The van der Waals surface area contributed by atoms with Gasteiger partial charge in [-0.2, -0.15) is 18.4 Å². The minimum Gasteiger partial charge on any atom is -0.376 e. The summed E-state index contributed by atoms with van der Waals surface area (Å²) in [7, 11) is 0. The van der Waals surface area contributed by atoms with Gasteiger partial charge >= 0.3 is 6.18 Å². The average Bonchev–Trinajstić information content (AvgIpc) is 3.16. The summed E-state index contributed by atoms with van der Waals surface area (Å²) in [4.78, 5) is 37.2. The van der Waals surface area contributed by atoms with Crippen LogP contribution in [-0.4, -0.2) is 47.6 Å². The lowest BCUT2D eigenvalue weighted by Crippen LogP contribution is -2.53. The van der Waals surface area contributed by atoms with Gasteiger partial charge in [-0.1, -0.05) is 37.6 Å². The summed E-state index contributed by atoms with van der Waals surface area (Å²) in [5, 5.41) is 27.4. The zero-order valence-corrected chi connectivity index (χ0v) is 20.0. The van der Waals surface area contributed by atoms with Gasteiger partial charge in [0.1, 0.15) is 12.1 Å². The summed E-state index contributed by atoms with van der Waals surface area (Å²) in [6.07, 6.45) is -5.92. The van der Waals surface area contributed by atoms with Crippen molar-refractivity contribution in [2.24, 2.45) is 11.8 Å². The van der Waals surface area contributed by atoms with E-state index in [9.17, 15) is 37.9 Å². The first-order valence-corrected chi connectivity index (χ1v) is 11.5. The van der Waals surface area contributed by atoms with E-state index in [0.29, 0.717) is 13.0 Å². The number of alkyl halides is 3. The summed E-state index contributed by atoms with van der Waals surface area (Å²) in [5.74, 6) is -2.77. The molecule has 1 aromatic carbocycles. The van der Waals surface area contributed by atoms with Gasteiger partial charge < -0.3 is 21.1 Å². The maximum atomic E-state index is 13.8. The zero-order chi connectivity index (χ0) is 26.4. The van der Waals surface area contributed by atoms with Crippen LogP contribution in [0.25, 0.3) is 0 Å². The maximum Gasteiger partial charge on any atom is 0.421 e. The molecule has 1 fully saturated rings. The summed E-state index contributed by atoms with van der Waals surface area (Å²) in [6.45, 7) is 3.96. The minimum absolute atomic E-state index is 0.0702. The van der Waals surface area contributed by atoms with Gasteiger partial charge in [0.2, 0.25) is 17.7 Å². The van der Waals surface area contributed by atoms with Crippen LogP contribution in [0.5, 0.6) is 0 Å². The molecule has 35 heavy (non-hydrogen) atoms. The van der Waals surface area contributed by atoms with E-state index in [-0.39, 0.29) is 29.7 Å². The second kappa shape index (κ2) is 11.7. The number of nitrogens with zero attached hydrogens (tertiary/aromatic N) is 1. The van der Waals surface area contributed by atoms with Crippen molar-refractivity contribution in [3.05, 3.63) is 34.9 Å². The number of benzene rings is 1. The molecule has 1 aliphatic heterocycles. The number of amides is 3. The number of aliphatic hydroxyl groups is 1. The number of carbonyl (C=O) groups is 3. The predicted molar refractivity (Wildman–Crippen MR) is 121 cm³/mol. The Morgan fingerprint density at radius 3 is 2.37 bits per heavy atom. The minimum atomic E-state index is -5.19. The van der Waals surface area contributed by atoms with E-state index in [1.54, 1.807) is 13.8 Å². The van der Waals surface area contributed by atoms with Crippen LogP contribution >= 0.6 is 11.6 Å². The third-order valence-electron chi connectivity index (χ3n) is 5.72. The maximum absolute atomic E-state index is 13.8. The standard InChI is InChI=1S/C23H28ClF3N4O4/c1-13(2)9-18(21(34)30-17(12-28)10-14-7-8-29-20(14)33)31-19(32)11-22(35,23(25,26)27)15-3-5-16(24)6-4-15/h3-6,13-14,17-18,35H,7-11H2,1-2H3,(H,29,33)(H,30,34)(H,31,32)/t14-,17-,18-,22-/m0/s1. The zero-order valence-electron chi connectivity index (χ0n) is 19.3. The van der Waals surface area contributed by atoms with Crippen molar-refractivity contribution in [1.29, 1.82) is 5.26 Å². The fraction of sp³-hybridized carbons (Fsp3) is 0.565. The van der Waals surface area contributed by atoms with Gasteiger partial charge in [0, 0.05) is 17.5 Å². The molecule has 4 N–H and O–H groups in total. The van der Waals surface area contributed by atoms with E-state index >= 15 is 0 Å². The van der Waals surface area contributed by atoms with Crippen molar-refractivity contribution in [2.75, 3.05) is 6.54 Å². The Bertz CT molecular complexity index is 965. The molecule has 192 valence electrons. The molecule has 0 spiro atoms. The topological polar surface area (TPSA) is 131 Å². The van der Waals surface area contributed by atoms with Crippen LogP contribution in [0.4, 0.5) is 13.2 Å². The number of halogens is 4. The fourth-order valence-electron chi connectivity index (χ4n) is 3.84. The molecule has 0 radical (unpaired) electrons. The van der Waals surface area contributed by atoms with Crippen molar-refractivity contribution >= 4 is 29.3 Å². The van der Waals surface area contributed by atoms with Gasteiger partial charge in [-0.3, -0.25) is 14.4 Å². The Hall–Kier alpha value is -2.84. The van der Waals surface area contributed by atoms with Crippen LogP contribution in [0.15, 0.2) is 24.3 Å². The third kappa shape index (κ3) is 7.57. The smallest absolute Gasteiger partial charge is 0.376 e. The van der Waals surface area contributed by atoms with E-state index in [1.165, 1.54) is 0 Å². The molecule has 0 saturated carbocycles. The van der Waals surface area contributed by atoms with Gasteiger partial charge in [-0.15, -0.1) is 0 Å². The molecule has 0 bridgehead atoms. The highest BCUT2D eigenvalue weighted by Crippen LogP contribution is 2.42. The number of nitriles is 1. The molecule has 4 atom stereocenters. The van der Waals surface area contributed by atoms with Gasteiger partial charge in [0.05, 0.1) is 12.5 Å². The van der Waals surface area contributed by atoms with E-state index < -0.39 is 53.6 Å². The first kappa shape index (κ1) is 28.4. The van der Waals surface area contributed by atoms with Crippen LogP contribution in [0.3, 0.4) is 0 Å². The quantitative estimate of drug-likeness (QED) is 0.379. The Morgan fingerprint density at radius 1 is 1.26 bits per heavy atom. The van der Waals surface area contributed by atoms with Crippen molar-refractivity contribution in [1.82, 2.24) is 16.0 Å². The van der Waals surface area contributed by atoms with Crippen LogP contribution in [0, 0.1) is 23.2 Å². The summed E-state index contributed by atoms with van der Waals surface area (Å²) < 4.78 is 41.4. The van der Waals surface area contributed by atoms with Crippen LogP contribution in [-0.2, 0) is 20.0 Å². The van der Waals surface area contributed by atoms with E-state index in [1.807, 2.05) is 6.07 Å². The highest BCUT2D eigenvalue weighted by atomic mass is 35.5. The summed E-state index contributed by atoms with van der Waals surface area (Å²) in [5.41, 5.74) is -4.08. The van der Waals surface area contributed by atoms with Crippen molar-refractivity contribution < 1.29 is 32.7 Å². The van der Waals surface area contributed by atoms with Crippen LogP contribution in [0.2, 0.25) is 5.02 Å². The third-order valence-corrected chi connectivity index (χ3v) is 5.97. The second-order valence-electron chi connectivity index (χ2n) is 8.99. The average molecular weight is 517 g/mol. The molecule has 0 aromatic heterocycles. The van der Waals surface area contributed by atoms with Crippen molar-refractivity contribution in [2.45, 2.75) is 63.4 Å². The fourth-order valence-corrected chi connectivity index (χ4v) is 3.97. The molecule has 0 aliphatic carbocycles. The molecular weight excluding hydrogens is 489 g/mol. The lowest BCUT2D eigenvalue weighted by molar-refractivity contribution is -0.267. The Labute approximate surface area is 206 Å². The molecular formula is C23H28ClF3N4O4. The molecule has 1 heterocycles. The van der Waals surface area contributed by atoms with E-state index in [4.69, 9.17) is 11.6 Å². The highest BCUT2D eigenvalue weighted by molar-refractivity contribution is 6.30. The molecule has 8 nitrogen and oxygen atoms in total. The number of rotatable bonds is 10. The van der Waals surface area contributed by atoms with Gasteiger partial charge in [-0.25, -0.2) is 0 Å². The number of hydrogen-bond acceptors (Lipinski definition) is 5. The summed E-state index contributed by atoms with van der Waals surface area (Å²) in [6, 6.07) is 3.89. The van der Waals surface area contributed by atoms with E-state index in [0.717, 1.165) is 24.3 Å². The van der Waals surface area contributed by atoms with Gasteiger partial charge in [0.25, 0.3) is 0 Å². The SMILES string of the molecule is CC(C)C[C@H](NC(=O)C[C@](O)(c1ccc(Cl)cc1)C(F)(F)F)C(=O)N[C@H](C#N)C[C@@H]1CCNC1=O. The van der Waals surface area contributed by atoms with Crippen molar-refractivity contribution in [3.8, 4) is 6.07 Å². The van der Waals surface area contributed by atoms with Crippen LogP contribution in [0.1, 0.15) is 45.1 Å². The van der Waals surface area contributed by atoms with Crippen LogP contribution < -0.4 is 16.0 Å². The molecule has 1 aromatic rings. The Kier molecular flexibility index (Phi) is 9.52. The molecule has 2 rings (SSSR count). The first-order chi connectivity index (χ1) is 16.3. The molecule has 1 saturated heterocycles. The van der Waals surface area contributed by atoms with Gasteiger partial charge in [0.15, 0.2) is 5.60 Å². The molecule has 0 unspecified atom stereocenters. The highest BCUT2D eigenvalue weighted by Gasteiger charge is 2.56. The van der Waals surface area contributed by atoms with Crippen molar-refractivity contribution in [3.63, 3.8) is 0 Å². The largest absolute Gasteiger partial charge is 0.421 e. The second-order valence-corrected chi connectivity index (χ2v) is 9.43. The number of nitrogens with one attached hydrogen (secondary N) is 3. The Morgan fingerprint density at radius 2 is 1.89 bits per heavy atom. The van der Waals surface area contributed by atoms with E-state index in [2.05, 4.69) is 16.0 Å². The number of carbonyl (C=O) groups excluding carboxylic acids is 3. The molecule has 1 aliphatic rings. The van der Waals surface area contributed by atoms with Gasteiger partial charge in [-0.05, 0) is 42.9 Å². The molecule has 12 heteroatoms. The molecule has 3 amide bonds. The monoisotopic (exact) mass is 516 g/mol. The number of hydrogen-bond donors (Lipinski definition) is 4. The lowest BCUT2D eigenvalue weighted by atomic mass is 9.89. The normalized spacial score (nSPS) is 19.3. The Balaban J connectivity index is 2.15. The first-order valence-electron chi connectivity index (χ1n) is 11.1. The predicted octanol–water partition coefficient (Wildman–Crippen LogP) is 2.55. The lowest BCUT2D eigenvalue weighted by Gasteiger charge is -2.31.